The monoisotopic (exact) mass is 135 g/mol. The topological polar surface area (TPSA) is 12.9 Å². The summed E-state index contributed by atoms with van der Waals surface area (Å²) < 4.78 is 0. The van der Waals surface area contributed by atoms with E-state index < -0.39 is 0 Å². The maximum Gasteiger partial charge on any atom is 0.0406 e. The fourth-order valence-corrected chi connectivity index (χ4v) is 0.992. The zero-order chi connectivity index (χ0) is 7.40. The predicted octanol–water partition coefficient (Wildman–Crippen LogP) is 2.34. The summed E-state index contributed by atoms with van der Waals surface area (Å²) in [5.74, 6) is 0. The minimum Gasteiger partial charge on any atom is -0.261 e. The molecule has 0 spiro atoms. The van der Waals surface area contributed by atoms with Crippen molar-refractivity contribution in [3.05, 3.63) is 29.6 Å². The van der Waals surface area contributed by atoms with Gasteiger partial charge >= 0.3 is 0 Å². The van der Waals surface area contributed by atoms with Crippen molar-refractivity contribution in [2.24, 2.45) is 0 Å². The van der Waals surface area contributed by atoms with E-state index in [1.807, 2.05) is 12.3 Å². The lowest BCUT2D eigenvalue weighted by Gasteiger charge is -1.96. The standard InChI is InChI=1S/C9H13N/c1-3-4-9-7-8(2)5-6-10-9/h5-7H,3-4H2,1-2H3. The smallest absolute Gasteiger partial charge is 0.0406 e. The first-order valence-electron chi connectivity index (χ1n) is 3.74. The van der Waals surface area contributed by atoms with Crippen molar-refractivity contribution in [1.29, 1.82) is 0 Å². The molecule has 0 radical (unpaired) electrons. The molecule has 0 N–H and O–H groups in total. The minimum atomic E-state index is 1.10. The van der Waals surface area contributed by atoms with Crippen molar-refractivity contribution >= 4 is 0 Å². The van der Waals surface area contributed by atoms with Gasteiger partial charge in [0.15, 0.2) is 0 Å². The summed E-state index contributed by atoms with van der Waals surface area (Å²) in [6, 6.07) is 4.17. The van der Waals surface area contributed by atoms with E-state index in [1.54, 1.807) is 0 Å². The molecular weight excluding hydrogens is 122 g/mol. The molecule has 0 aliphatic rings. The largest absolute Gasteiger partial charge is 0.261 e. The molecule has 0 amide bonds. The van der Waals surface area contributed by atoms with E-state index in [0.29, 0.717) is 0 Å². The fraction of sp³-hybridized carbons (Fsp3) is 0.444. The van der Waals surface area contributed by atoms with Crippen molar-refractivity contribution in [3.63, 3.8) is 0 Å². The number of hydrogen-bond acceptors (Lipinski definition) is 1. The van der Waals surface area contributed by atoms with E-state index in [9.17, 15) is 0 Å². The van der Waals surface area contributed by atoms with Crippen LogP contribution < -0.4 is 0 Å². The third-order valence-electron chi connectivity index (χ3n) is 1.48. The molecule has 54 valence electrons. The molecule has 0 aromatic carbocycles. The van der Waals surface area contributed by atoms with E-state index in [-0.39, 0.29) is 0 Å². The van der Waals surface area contributed by atoms with Gasteiger partial charge in [-0.1, -0.05) is 13.3 Å². The van der Waals surface area contributed by atoms with Crippen molar-refractivity contribution in [3.8, 4) is 0 Å². The first kappa shape index (κ1) is 7.26. The van der Waals surface area contributed by atoms with Gasteiger partial charge in [-0.25, -0.2) is 0 Å². The molecule has 0 unspecified atom stereocenters. The van der Waals surface area contributed by atoms with E-state index in [2.05, 4.69) is 24.9 Å². The summed E-state index contributed by atoms with van der Waals surface area (Å²) >= 11 is 0. The van der Waals surface area contributed by atoms with Gasteiger partial charge in [0.2, 0.25) is 0 Å². The van der Waals surface area contributed by atoms with Gasteiger partial charge in [-0.15, -0.1) is 0 Å². The van der Waals surface area contributed by atoms with E-state index in [1.165, 1.54) is 17.7 Å². The molecule has 0 aliphatic carbocycles. The number of rotatable bonds is 2. The molecule has 0 atom stereocenters. The number of aromatic nitrogens is 1. The van der Waals surface area contributed by atoms with Gasteiger partial charge in [0.05, 0.1) is 0 Å². The molecule has 0 fully saturated rings. The molecular formula is C9H13N. The van der Waals surface area contributed by atoms with E-state index >= 15 is 0 Å². The SMILES string of the molecule is CCCc1cc(C)ccn1. The second-order valence-corrected chi connectivity index (χ2v) is 2.57. The molecule has 1 aromatic heterocycles. The molecule has 1 nitrogen and oxygen atoms in total. The third kappa shape index (κ3) is 1.83. The molecule has 1 heterocycles. The van der Waals surface area contributed by atoms with Crippen LogP contribution in [-0.4, -0.2) is 4.98 Å². The van der Waals surface area contributed by atoms with Crippen LogP contribution in [-0.2, 0) is 6.42 Å². The zero-order valence-electron chi connectivity index (χ0n) is 6.59. The zero-order valence-corrected chi connectivity index (χ0v) is 6.59. The molecule has 1 rings (SSSR count). The molecule has 0 bridgehead atoms. The van der Waals surface area contributed by atoms with E-state index in [0.717, 1.165) is 6.42 Å². The quantitative estimate of drug-likeness (QED) is 0.606. The highest BCUT2D eigenvalue weighted by Gasteiger charge is 1.90. The Morgan fingerprint density at radius 2 is 2.30 bits per heavy atom. The first-order valence-corrected chi connectivity index (χ1v) is 3.74. The number of hydrogen-bond donors (Lipinski definition) is 0. The first-order chi connectivity index (χ1) is 4.83. The predicted molar refractivity (Wildman–Crippen MR) is 43.0 cm³/mol. The Hall–Kier alpha value is -0.850. The minimum absolute atomic E-state index is 1.10. The van der Waals surface area contributed by atoms with Crippen molar-refractivity contribution < 1.29 is 0 Å². The average molecular weight is 135 g/mol. The number of nitrogens with zero attached hydrogens (tertiary/aromatic N) is 1. The van der Waals surface area contributed by atoms with Crippen molar-refractivity contribution in [2.75, 3.05) is 0 Å². The number of aryl methyl sites for hydroxylation is 2. The fourth-order valence-electron chi connectivity index (χ4n) is 0.992. The molecule has 0 saturated heterocycles. The van der Waals surface area contributed by atoms with Crippen LogP contribution in [0.2, 0.25) is 0 Å². The Morgan fingerprint density at radius 1 is 1.50 bits per heavy atom. The lowest BCUT2D eigenvalue weighted by Crippen LogP contribution is -1.87. The Balaban J connectivity index is 2.75. The highest BCUT2D eigenvalue weighted by Crippen LogP contribution is 2.01. The highest BCUT2D eigenvalue weighted by atomic mass is 14.7. The summed E-state index contributed by atoms with van der Waals surface area (Å²) in [5, 5.41) is 0. The van der Waals surface area contributed by atoms with Crippen LogP contribution >= 0.6 is 0 Å². The van der Waals surface area contributed by atoms with Crippen LogP contribution in [0.15, 0.2) is 18.3 Å². The highest BCUT2D eigenvalue weighted by molar-refractivity contribution is 5.14. The van der Waals surface area contributed by atoms with Crippen LogP contribution in [0.5, 0.6) is 0 Å². The summed E-state index contributed by atoms with van der Waals surface area (Å²) in [5.41, 5.74) is 2.51. The van der Waals surface area contributed by atoms with Gasteiger partial charge in [-0.3, -0.25) is 4.98 Å². The maximum absolute atomic E-state index is 4.23. The lowest BCUT2D eigenvalue weighted by atomic mass is 10.2. The molecule has 0 saturated carbocycles. The lowest BCUT2D eigenvalue weighted by molar-refractivity contribution is 0.880. The Labute approximate surface area is 62.1 Å². The van der Waals surface area contributed by atoms with Crippen molar-refractivity contribution in [1.82, 2.24) is 4.98 Å². The van der Waals surface area contributed by atoms with Crippen LogP contribution in [0, 0.1) is 6.92 Å². The Bertz CT molecular complexity index is 206. The molecule has 0 aliphatic heterocycles. The summed E-state index contributed by atoms with van der Waals surface area (Å²) in [6.07, 6.45) is 4.15. The molecule has 1 heteroatoms. The van der Waals surface area contributed by atoms with Gasteiger partial charge in [0.1, 0.15) is 0 Å². The normalized spacial score (nSPS) is 9.80. The van der Waals surface area contributed by atoms with E-state index in [4.69, 9.17) is 0 Å². The van der Waals surface area contributed by atoms with Gasteiger partial charge in [-0.2, -0.15) is 0 Å². The molecule has 1 aromatic rings. The van der Waals surface area contributed by atoms with Gasteiger partial charge in [0, 0.05) is 11.9 Å². The summed E-state index contributed by atoms with van der Waals surface area (Å²) in [6.45, 7) is 4.27. The molecule has 10 heavy (non-hydrogen) atoms. The third-order valence-corrected chi connectivity index (χ3v) is 1.48. The average Bonchev–Trinajstić information content (AvgIpc) is 1.88. The van der Waals surface area contributed by atoms with Gasteiger partial charge in [0.25, 0.3) is 0 Å². The van der Waals surface area contributed by atoms with Gasteiger partial charge in [-0.05, 0) is 31.0 Å². The van der Waals surface area contributed by atoms with Gasteiger partial charge < -0.3 is 0 Å². The van der Waals surface area contributed by atoms with Crippen LogP contribution in [0.25, 0.3) is 0 Å². The second kappa shape index (κ2) is 3.35. The summed E-state index contributed by atoms with van der Waals surface area (Å²) in [7, 11) is 0. The number of pyridine rings is 1. The Kier molecular flexibility index (Phi) is 2.43. The van der Waals surface area contributed by atoms with Crippen LogP contribution in [0.4, 0.5) is 0 Å². The Morgan fingerprint density at radius 3 is 2.90 bits per heavy atom. The summed E-state index contributed by atoms with van der Waals surface area (Å²) in [4.78, 5) is 4.23. The van der Waals surface area contributed by atoms with Crippen LogP contribution in [0.3, 0.4) is 0 Å². The second-order valence-electron chi connectivity index (χ2n) is 2.57. The maximum atomic E-state index is 4.23. The van der Waals surface area contributed by atoms with Crippen molar-refractivity contribution in [2.45, 2.75) is 26.7 Å². The van der Waals surface area contributed by atoms with Crippen LogP contribution in [0.1, 0.15) is 24.6 Å².